The van der Waals surface area contributed by atoms with E-state index >= 15 is 0 Å². The normalized spacial score (nSPS) is 16.3. The number of carbonyl (C=O) groups is 2. The van der Waals surface area contributed by atoms with Crippen LogP contribution in [0.5, 0.6) is 5.75 Å². The number of cyclic esters (lactones) is 1. The average Bonchev–Trinajstić information content (AvgIpc) is 3.61. The van der Waals surface area contributed by atoms with Gasteiger partial charge in [0.05, 0.1) is 25.8 Å². The number of oxazole rings is 1. The molecule has 5 rings (SSSR count). The number of aromatic nitrogens is 1. The van der Waals surface area contributed by atoms with E-state index in [1.807, 2.05) is 66.5 Å². The first-order valence-corrected chi connectivity index (χ1v) is 13.7. The number of aliphatic hydroxyl groups excluding tert-OH is 2. The number of rotatable bonds is 13. The standard InChI is InChI=1S/C31H33N3O8/c1-33(30-32-25-9-5-6-10-26(25)42-30)15-17-39-24-13-11-22(12-14-24)27(36)28(40-18-16-35)29(37)34-23(20-41-31(34)38)19-21-7-3-2-4-8-21/h2-14,23,27-28,35-36H,15-20H2,1H3/t23-,27?,28?/m0/s1. The van der Waals surface area contributed by atoms with E-state index in [4.69, 9.17) is 18.6 Å². The molecule has 1 aliphatic heterocycles. The third-order valence-electron chi connectivity index (χ3n) is 6.96. The van der Waals surface area contributed by atoms with Crippen LogP contribution in [0.3, 0.4) is 0 Å². The summed E-state index contributed by atoms with van der Waals surface area (Å²) in [6.45, 7) is 0.333. The third kappa shape index (κ3) is 6.71. The Hall–Kier alpha value is -4.45. The topological polar surface area (TPSA) is 135 Å². The number of fused-ring (bicyclic) bond motifs is 1. The first kappa shape index (κ1) is 29.1. The lowest BCUT2D eigenvalue weighted by atomic mass is 10.0. The average molecular weight is 576 g/mol. The lowest BCUT2D eigenvalue weighted by Gasteiger charge is -2.28. The van der Waals surface area contributed by atoms with E-state index in [-0.39, 0.29) is 19.8 Å². The molecule has 4 aromatic rings. The fraction of sp³-hybridized carbons (Fsp3) is 0.323. The summed E-state index contributed by atoms with van der Waals surface area (Å²) in [5.41, 5.74) is 2.81. The zero-order valence-electron chi connectivity index (χ0n) is 23.2. The molecule has 1 fully saturated rings. The van der Waals surface area contributed by atoms with Crippen LogP contribution in [0, 0.1) is 0 Å². The number of benzene rings is 3. The van der Waals surface area contributed by atoms with Gasteiger partial charge in [-0.2, -0.15) is 4.98 Å². The van der Waals surface area contributed by atoms with Gasteiger partial charge >= 0.3 is 6.09 Å². The predicted molar refractivity (Wildman–Crippen MR) is 153 cm³/mol. The van der Waals surface area contributed by atoms with Crippen molar-refractivity contribution in [2.24, 2.45) is 0 Å². The van der Waals surface area contributed by atoms with E-state index in [0.717, 1.165) is 16.0 Å². The minimum absolute atomic E-state index is 0.0376. The summed E-state index contributed by atoms with van der Waals surface area (Å²) in [5, 5.41) is 20.5. The molecule has 1 aliphatic rings. The Labute approximate surface area is 242 Å². The zero-order chi connectivity index (χ0) is 29.5. The van der Waals surface area contributed by atoms with Gasteiger partial charge in [-0.3, -0.25) is 4.79 Å². The highest BCUT2D eigenvalue weighted by molar-refractivity contribution is 5.96. The second-order valence-corrected chi connectivity index (χ2v) is 9.89. The van der Waals surface area contributed by atoms with Crippen LogP contribution < -0.4 is 9.64 Å². The highest BCUT2D eigenvalue weighted by atomic mass is 16.6. The van der Waals surface area contributed by atoms with Gasteiger partial charge in [-0.25, -0.2) is 9.69 Å². The van der Waals surface area contributed by atoms with Crippen molar-refractivity contribution in [2.45, 2.75) is 24.7 Å². The van der Waals surface area contributed by atoms with E-state index in [9.17, 15) is 19.8 Å². The maximum atomic E-state index is 13.5. The van der Waals surface area contributed by atoms with Gasteiger partial charge in [-0.15, -0.1) is 0 Å². The molecule has 2 amide bonds. The van der Waals surface area contributed by atoms with Gasteiger partial charge in [0.25, 0.3) is 11.9 Å². The number of carbonyl (C=O) groups excluding carboxylic acids is 2. The van der Waals surface area contributed by atoms with E-state index in [2.05, 4.69) is 4.98 Å². The molecular weight excluding hydrogens is 542 g/mol. The van der Waals surface area contributed by atoms with E-state index in [0.29, 0.717) is 42.5 Å². The zero-order valence-corrected chi connectivity index (χ0v) is 23.2. The minimum Gasteiger partial charge on any atom is -0.492 e. The van der Waals surface area contributed by atoms with Crippen molar-refractivity contribution in [3.63, 3.8) is 0 Å². The van der Waals surface area contributed by atoms with Gasteiger partial charge in [-0.05, 0) is 41.8 Å². The smallest absolute Gasteiger partial charge is 0.417 e. The van der Waals surface area contributed by atoms with E-state index in [1.54, 1.807) is 24.3 Å². The molecule has 11 heteroatoms. The van der Waals surface area contributed by atoms with Crippen molar-refractivity contribution >= 4 is 29.1 Å². The molecule has 220 valence electrons. The number of anilines is 1. The molecule has 1 saturated heterocycles. The SMILES string of the molecule is CN(CCOc1ccc(C(O)C(OCCO)C(=O)N2C(=O)OC[C@@H]2Cc2ccccc2)cc1)c1nc2ccccc2o1. The van der Waals surface area contributed by atoms with Gasteiger partial charge in [0.1, 0.15) is 30.6 Å². The molecule has 42 heavy (non-hydrogen) atoms. The maximum Gasteiger partial charge on any atom is 0.417 e. The second kappa shape index (κ2) is 13.5. The van der Waals surface area contributed by atoms with E-state index < -0.39 is 30.3 Å². The number of para-hydroxylation sites is 2. The summed E-state index contributed by atoms with van der Waals surface area (Å²) < 4.78 is 22.4. The molecule has 0 aliphatic carbocycles. The van der Waals surface area contributed by atoms with Crippen LogP contribution in [0.4, 0.5) is 10.8 Å². The first-order valence-electron chi connectivity index (χ1n) is 13.7. The van der Waals surface area contributed by atoms with Crippen molar-refractivity contribution in [2.75, 3.05) is 44.9 Å². The molecule has 0 saturated carbocycles. The Kier molecular flexibility index (Phi) is 9.32. The summed E-state index contributed by atoms with van der Waals surface area (Å²) in [5.74, 6) is -0.177. The number of nitrogens with zero attached hydrogens (tertiary/aromatic N) is 3. The largest absolute Gasteiger partial charge is 0.492 e. The quantitative estimate of drug-likeness (QED) is 0.244. The van der Waals surface area contributed by atoms with E-state index in [1.165, 1.54) is 0 Å². The third-order valence-corrected chi connectivity index (χ3v) is 6.96. The van der Waals surface area contributed by atoms with Gasteiger partial charge < -0.3 is 33.7 Å². The molecule has 0 spiro atoms. The van der Waals surface area contributed by atoms with Crippen LogP contribution in [0.15, 0.2) is 83.3 Å². The molecule has 11 nitrogen and oxygen atoms in total. The van der Waals surface area contributed by atoms with Crippen LogP contribution in [0.1, 0.15) is 17.2 Å². The Morgan fingerprint density at radius 3 is 2.55 bits per heavy atom. The lowest BCUT2D eigenvalue weighted by molar-refractivity contribution is -0.151. The van der Waals surface area contributed by atoms with Gasteiger partial charge in [-0.1, -0.05) is 54.6 Å². The predicted octanol–water partition coefficient (Wildman–Crippen LogP) is 3.34. The number of aliphatic hydroxyl groups is 2. The summed E-state index contributed by atoms with van der Waals surface area (Å²) in [6.07, 6.45) is -3.24. The van der Waals surface area contributed by atoms with Crippen molar-refractivity contribution in [1.82, 2.24) is 9.88 Å². The highest BCUT2D eigenvalue weighted by Crippen LogP contribution is 2.27. The number of ether oxygens (including phenoxy) is 3. The van der Waals surface area contributed by atoms with Crippen LogP contribution >= 0.6 is 0 Å². The van der Waals surface area contributed by atoms with Gasteiger partial charge in [0, 0.05) is 7.05 Å². The maximum absolute atomic E-state index is 13.5. The molecule has 2 N–H and O–H groups in total. The Morgan fingerprint density at radius 2 is 1.81 bits per heavy atom. The van der Waals surface area contributed by atoms with Crippen LogP contribution in [0.2, 0.25) is 0 Å². The molecule has 2 unspecified atom stereocenters. The Balaban J connectivity index is 1.21. The summed E-state index contributed by atoms with van der Waals surface area (Å²) >= 11 is 0. The molecule has 3 aromatic carbocycles. The minimum atomic E-state index is -1.43. The van der Waals surface area contributed by atoms with Crippen LogP contribution in [0.25, 0.3) is 11.1 Å². The number of likely N-dealkylation sites (N-methyl/N-ethyl adjacent to an activating group) is 1. The van der Waals surface area contributed by atoms with Crippen LogP contribution in [-0.4, -0.2) is 84.3 Å². The number of imide groups is 1. The Morgan fingerprint density at radius 1 is 1.07 bits per heavy atom. The second-order valence-electron chi connectivity index (χ2n) is 9.89. The van der Waals surface area contributed by atoms with Crippen molar-refractivity contribution < 1.29 is 38.4 Å². The number of amides is 2. The number of hydrogen-bond donors (Lipinski definition) is 2. The number of hydrogen-bond acceptors (Lipinski definition) is 10. The lowest BCUT2D eigenvalue weighted by Crippen LogP contribution is -2.48. The molecule has 0 radical (unpaired) electrons. The summed E-state index contributed by atoms with van der Waals surface area (Å²) in [6, 6.07) is 23.5. The van der Waals surface area contributed by atoms with Gasteiger partial charge in [0.15, 0.2) is 11.7 Å². The molecular formula is C31H33N3O8. The Bertz CT molecular complexity index is 1440. The summed E-state index contributed by atoms with van der Waals surface area (Å²) in [7, 11) is 1.86. The fourth-order valence-electron chi connectivity index (χ4n) is 4.74. The molecule has 3 atom stereocenters. The van der Waals surface area contributed by atoms with Crippen LogP contribution in [-0.2, 0) is 20.7 Å². The van der Waals surface area contributed by atoms with Gasteiger partial charge in [0.2, 0.25) is 0 Å². The highest BCUT2D eigenvalue weighted by Gasteiger charge is 2.43. The molecule has 0 bridgehead atoms. The summed E-state index contributed by atoms with van der Waals surface area (Å²) in [4.78, 5) is 33.4. The molecule has 2 heterocycles. The van der Waals surface area contributed by atoms with Crippen molar-refractivity contribution in [3.8, 4) is 5.75 Å². The first-order chi connectivity index (χ1) is 20.4. The monoisotopic (exact) mass is 575 g/mol. The van der Waals surface area contributed by atoms with Crippen molar-refractivity contribution in [3.05, 3.63) is 90.0 Å². The molecule has 1 aromatic heterocycles. The fourth-order valence-corrected chi connectivity index (χ4v) is 4.74. The van der Waals surface area contributed by atoms with Crippen molar-refractivity contribution in [1.29, 1.82) is 0 Å².